The average Bonchev–Trinajstić information content (AvgIpc) is 2.48. The summed E-state index contributed by atoms with van der Waals surface area (Å²) in [6.07, 6.45) is 0. The largest absolute Gasteiger partial charge is 0.381 e. The number of amides is 1. The fraction of sp³-hybridized carbons (Fsp3) is 0.133. The lowest BCUT2D eigenvalue weighted by molar-refractivity contribution is 0.0963. The van der Waals surface area contributed by atoms with Crippen molar-refractivity contribution in [3.05, 3.63) is 63.4 Å². The lowest BCUT2D eigenvalue weighted by Crippen LogP contribution is -2.18. The highest BCUT2D eigenvalue weighted by molar-refractivity contribution is 6.34. The molecule has 3 nitrogen and oxygen atoms in total. The van der Waals surface area contributed by atoms with E-state index in [1.54, 1.807) is 24.3 Å². The van der Waals surface area contributed by atoms with Crippen LogP contribution < -0.4 is 10.6 Å². The quantitative estimate of drug-likeness (QED) is 0.887. The Bertz CT molecular complexity index is 677. The van der Waals surface area contributed by atoms with Crippen molar-refractivity contribution < 1.29 is 9.18 Å². The monoisotopic (exact) mass is 326 g/mol. The van der Waals surface area contributed by atoms with Crippen LogP contribution in [0.1, 0.15) is 15.9 Å². The number of anilines is 1. The van der Waals surface area contributed by atoms with Gasteiger partial charge in [-0.15, -0.1) is 0 Å². The van der Waals surface area contributed by atoms with Crippen molar-refractivity contribution in [3.8, 4) is 0 Å². The number of hydrogen-bond donors (Lipinski definition) is 2. The molecule has 2 aromatic rings. The van der Waals surface area contributed by atoms with Crippen LogP contribution in [0.15, 0.2) is 36.4 Å². The second kappa shape index (κ2) is 6.78. The van der Waals surface area contributed by atoms with E-state index in [-0.39, 0.29) is 18.3 Å². The van der Waals surface area contributed by atoms with Gasteiger partial charge >= 0.3 is 0 Å². The van der Waals surface area contributed by atoms with E-state index < -0.39 is 0 Å². The van der Waals surface area contributed by atoms with Gasteiger partial charge in [0.25, 0.3) is 5.91 Å². The molecule has 0 spiro atoms. The first kappa shape index (κ1) is 15.6. The van der Waals surface area contributed by atoms with Crippen LogP contribution >= 0.6 is 23.2 Å². The summed E-state index contributed by atoms with van der Waals surface area (Å²) >= 11 is 11.8. The summed E-state index contributed by atoms with van der Waals surface area (Å²) in [4.78, 5) is 11.7. The van der Waals surface area contributed by atoms with Gasteiger partial charge in [-0.3, -0.25) is 4.79 Å². The summed E-state index contributed by atoms with van der Waals surface area (Å²) in [6.45, 7) is 0.251. The third-order valence-corrected chi connectivity index (χ3v) is 3.49. The molecule has 2 aromatic carbocycles. The second-order valence-corrected chi connectivity index (χ2v) is 5.21. The summed E-state index contributed by atoms with van der Waals surface area (Å²) in [5.41, 5.74) is 1.46. The Labute approximate surface area is 132 Å². The molecule has 1 amide bonds. The number of carbonyl (C=O) groups excluding carboxylic acids is 1. The van der Waals surface area contributed by atoms with E-state index in [1.807, 2.05) is 0 Å². The molecule has 0 fully saturated rings. The SMILES string of the molecule is CNC(=O)c1cc(NCc2cc(Cl)ccc2F)ccc1Cl. The number of rotatable bonds is 4. The minimum absolute atomic E-state index is 0.251. The van der Waals surface area contributed by atoms with Gasteiger partial charge in [0.05, 0.1) is 10.6 Å². The maximum atomic E-state index is 13.6. The summed E-state index contributed by atoms with van der Waals surface area (Å²) in [7, 11) is 1.53. The van der Waals surface area contributed by atoms with E-state index in [0.717, 1.165) is 0 Å². The van der Waals surface area contributed by atoms with E-state index >= 15 is 0 Å². The van der Waals surface area contributed by atoms with Gasteiger partial charge in [0.1, 0.15) is 5.82 Å². The van der Waals surface area contributed by atoms with Gasteiger partial charge < -0.3 is 10.6 Å². The molecule has 0 atom stereocenters. The van der Waals surface area contributed by atoms with Gasteiger partial charge in [-0.05, 0) is 36.4 Å². The number of hydrogen-bond acceptors (Lipinski definition) is 2. The first-order valence-electron chi connectivity index (χ1n) is 6.20. The summed E-state index contributed by atoms with van der Waals surface area (Å²) < 4.78 is 13.6. The normalized spacial score (nSPS) is 10.3. The Balaban J connectivity index is 2.17. The van der Waals surface area contributed by atoms with Crippen molar-refractivity contribution in [3.63, 3.8) is 0 Å². The Kier molecular flexibility index (Phi) is 5.04. The van der Waals surface area contributed by atoms with Crippen molar-refractivity contribution >= 4 is 34.8 Å². The van der Waals surface area contributed by atoms with Gasteiger partial charge in [0.2, 0.25) is 0 Å². The fourth-order valence-corrected chi connectivity index (χ4v) is 2.22. The predicted molar refractivity (Wildman–Crippen MR) is 83.6 cm³/mol. The first-order chi connectivity index (χ1) is 10.0. The molecule has 110 valence electrons. The van der Waals surface area contributed by atoms with E-state index in [1.165, 1.54) is 19.2 Å². The second-order valence-electron chi connectivity index (χ2n) is 4.36. The van der Waals surface area contributed by atoms with Gasteiger partial charge in [0.15, 0.2) is 0 Å². The van der Waals surface area contributed by atoms with Crippen molar-refractivity contribution in [1.29, 1.82) is 0 Å². The molecule has 2 N–H and O–H groups in total. The third-order valence-electron chi connectivity index (χ3n) is 2.93. The van der Waals surface area contributed by atoms with Crippen LogP contribution in [0.25, 0.3) is 0 Å². The molecule has 2 rings (SSSR count). The van der Waals surface area contributed by atoms with E-state index in [4.69, 9.17) is 23.2 Å². The van der Waals surface area contributed by atoms with Crippen molar-refractivity contribution in [1.82, 2.24) is 5.32 Å². The molecule has 0 saturated carbocycles. The Morgan fingerprint density at radius 1 is 1.19 bits per heavy atom. The number of halogens is 3. The van der Waals surface area contributed by atoms with Crippen molar-refractivity contribution in [2.45, 2.75) is 6.54 Å². The smallest absolute Gasteiger partial charge is 0.252 e. The van der Waals surface area contributed by atoms with Crippen molar-refractivity contribution in [2.75, 3.05) is 12.4 Å². The van der Waals surface area contributed by atoms with E-state index in [9.17, 15) is 9.18 Å². The van der Waals surface area contributed by atoms with E-state index in [2.05, 4.69) is 10.6 Å². The molecule has 0 unspecified atom stereocenters. The highest BCUT2D eigenvalue weighted by atomic mass is 35.5. The van der Waals surface area contributed by atoms with E-state index in [0.29, 0.717) is 26.9 Å². The molecule has 0 aliphatic carbocycles. The van der Waals surface area contributed by atoms with Crippen molar-refractivity contribution in [2.24, 2.45) is 0 Å². The number of carbonyl (C=O) groups is 1. The highest BCUT2D eigenvalue weighted by Gasteiger charge is 2.10. The van der Waals surface area contributed by atoms with Gasteiger partial charge in [0, 0.05) is 29.9 Å². The molecular formula is C15H13Cl2FN2O. The van der Waals surface area contributed by atoms with Crippen LogP contribution in [0, 0.1) is 5.82 Å². The lowest BCUT2D eigenvalue weighted by atomic mass is 10.1. The van der Waals surface area contributed by atoms with Gasteiger partial charge in [-0.2, -0.15) is 0 Å². The molecule has 0 heterocycles. The minimum atomic E-state index is -0.340. The molecular weight excluding hydrogens is 314 g/mol. The predicted octanol–water partition coefficient (Wildman–Crippen LogP) is 4.10. The zero-order chi connectivity index (χ0) is 15.4. The van der Waals surface area contributed by atoms with Gasteiger partial charge in [-0.25, -0.2) is 4.39 Å². The third kappa shape index (κ3) is 3.86. The molecule has 0 bridgehead atoms. The summed E-state index contributed by atoms with van der Waals surface area (Å²) in [6, 6.07) is 9.31. The summed E-state index contributed by atoms with van der Waals surface area (Å²) in [5.74, 6) is -0.620. The molecule has 21 heavy (non-hydrogen) atoms. The molecule has 0 aliphatic heterocycles. The molecule has 0 aliphatic rings. The van der Waals surface area contributed by atoms with Gasteiger partial charge in [-0.1, -0.05) is 23.2 Å². The molecule has 0 aromatic heterocycles. The number of nitrogens with one attached hydrogen (secondary N) is 2. The van der Waals surface area contributed by atoms with Crippen LogP contribution in [0.2, 0.25) is 10.0 Å². The average molecular weight is 327 g/mol. The lowest BCUT2D eigenvalue weighted by Gasteiger charge is -2.10. The van der Waals surface area contributed by atoms with Crippen LogP contribution in [-0.2, 0) is 6.54 Å². The molecule has 0 radical (unpaired) electrons. The number of benzene rings is 2. The van der Waals surface area contributed by atoms with Crippen LogP contribution in [0.3, 0.4) is 0 Å². The zero-order valence-electron chi connectivity index (χ0n) is 11.2. The highest BCUT2D eigenvalue weighted by Crippen LogP contribution is 2.22. The zero-order valence-corrected chi connectivity index (χ0v) is 12.7. The van der Waals surface area contributed by atoms with Crippen LogP contribution in [-0.4, -0.2) is 13.0 Å². The molecule has 0 saturated heterocycles. The Morgan fingerprint density at radius 3 is 2.67 bits per heavy atom. The topological polar surface area (TPSA) is 41.1 Å². The first-order valence-corrected chi connectivity index (χ1v) is 6.96. The summed E-state index contributed by atoms with van der Waals surface area (Å²) in [5, 5.41) is 6.37. The van der Waals surface area contributed by atoms with Crippen LogP contribution in [0.4, 0.5) is 10.1 Å². The maximum Gasteiger partial charge on any atom is 0.252 e. The molecule has 6 heteroatoms. The maximum absolute atomic E-state index is 13.6. The van der Waals surface area contributed by atoms with Crippen LogP contribution in [0.5, 0.6) is 0 Å². The Hall–Kier alpha value is -1.78. The fourth-order valence-electron chi connectivity index (χ4n) is 1.82. The minimum Gasteiger partial charge on any atom is -0.381 e. The Morgan fingerprint density at radius 2 is 1.95 bits per heavy atom. The standard InChI is InChI=1S/C15H13Cl2FN2O/c1-19-15(21)12-7-11(3-4-13(12)17)20-8-9-6-10(16)2-5-14(9)18/h2-7,20H,8H2,1H3,(H,19,21).